The molecule has 3 rings (SSSR count). The summed E-state index contributed by atoms with van der Waals surface area (Å²) in [5.74, 6) is 0.345. The fraction of sp³-hybridized carbons (Fsp3) is 0.333. The number of benzene rings is 1. The van der Waals surface area contributed by atoms with E-state index in [1.807, 2.05) is 62.4 Å². The van der Waals surface area contributed by atoms with Crippen LogP contribution in [0.3, 0.4) is 0 Å². The first kappa shape index (κ1) is 22.2. The Morgan fingerprint density at radius 3 is 2.45 bits per heavy atom. The SMILES string of the molecule is CC[N+](CC)=C1C=C/C(=N\c2c(-c3ccccc3)nn(C(C)C)c2N)C(NC(C)=O)=C1. The van der Waals surface area contributed by atoms with Crippen molar-refractivity contribution < 1.29 is 9.37 Å². The second kappa shape index (κ2) is 9.55. The van der Waals surface area contributed by atoms with Crippen molar-refractivity contribution in [2.45, 2.75) is 40.7 Å². The van der Waals surface area contributed by atoms with Gasteiger partial charge < -0.3 is 11.1 Å². The van der Waals surface area contributed by atoms with Crippen LogP contribution >= 0.6 is 0 Å². The van der Waals surface area contributed by atoms with Crippen LogP contribution in [-0.2, 0) is 4.79 Å². The molecule has 1 heterocycles. The average molecular weight is 420 g/mol. The summed E-state index contributed by atoms with van der Waals surface area (Å²) in [6, 6.07) is 9.96. The summed E-state index contributed by atoms with van der Waals surface area (Å²) in [6.07, 6.45) is 5.89. The van der Waals surface area contributed by atoms with Crippen molar-refractivity contribution in [2.24, 2.45) is 4.99 Å². The molecule has 7 nitrogen and oxygen atoms in total. The van der Waals surface area contributed by atoms with Gasteiger partial charge in [0, 0.05) is 30.7 Å². The Balaban J connectivity index is 2.18. The van der Waals surface area contributed by atoms with Gasteiger partial charge in [0.25, 0.3) is 0 Å². The summed E-state index contributed by atoms with van der Waals surface area (Å²) >= 11 is 0. The summed E-state index contributed by atoms with van der Waals surface area (Å²) < 4.78 is 4.00. The monoisotopic (exact) mass is 419 g/mol. The molecule has 0 fully saturated rings. The predicted octanol–water partition coefficient (Wildman–Crippen LogP) is 3.87. The number of allylic oxidation sites excluding steroid dienone is 3. The fourth-order valence-corrected chi connectivity index (χ4v) is 3.55. The van der Waals surface area contributed by atoms with Crippen LogP contribution in [0.2, 0.25) is 0 Å². The summed E-state index contributed by atoms with van der Waals surface area (Å²) in [7, 11) is 0. The number of aromatic nitrogens is 2. The molecule has 0 spiro atoms. The van der Waals surface area contributed by atoms with Crippen molar-refractivity contribution in [1.29, 1.82) is 0 Å². The van der Waals surface area contributed by atoms with Gasteiger partial charge in [0.1, 0.15) is 30.3 Å². The van der Waals surface area contributed by atoms with E-state index in [0.717, 1.165) is 24.4 Å². The Bertz CT molecular complexity index is 1080. The Morgan fingerprint density at radius 2 is 1.87 bits per heavy atom. The number of hydrogen-bond acceptors (Lipinski definition) is 4. The zero-order valence-electron chi connectivity index (χ0n) is 18.9. The number of carbonyl (C=O) groups is 1. The van der Waals surface area contributed by atoms with Gasteiger partial charge in [0.15, 0.2) is 0 Å². The van der Waals surface area contributed by atoms with Gasteiger partial charge in [0.05, 0.1) is 11.4 Å². The van der Waals surface area contributed by atoms with Crippen LogP contribution in [-0.4, -0.2) is 44.8 Å². The number of aliphatic imine (C=N–C) groups is 1. The molecule has 162 valence electrons. The normalized spacial score (nSPS) is 14.8. The minimum absolute atomic E-state index is 0.0891. The van der Waals surface area contributed by atoms with E-state index in [4.69, 9.17) is 15.8 Å². The molecule has 0 atom stereocenters. The smallest absolute Gasteiger partial charge is 0.221 e. The van der Waals surface area contributed by atoms with Gasteiger partial charge in [-0.3, -0.25) is 4.79 Å². The molecule has 0 unspecified atom stereocenters. The van der Waals surface area contributed by atoms with E-state index in [2.05, 4.69) is 23.7 Å². The van der Waals surface area contributed by atoms with Crippen molar-refractivity contribution in [3.63, 3.8) is 0 Å². The van der Waals surface area contributed by atoms with Crippen LogP contribution < -0.4 is 11.1 Å². The zero-order chi connectivity index (χ0) is 22.5. The molecule has 1 amide bonds. The van der Waals surface area contributed by atoms with E-state index in [9.17, 15) is 4.79 Å². The quantitative estimate of drug-likeness (QED) is 0.550. The third-order valence-electron chi connectivity index (χ3n) is 5.11. The average Bonchev–Trinajstić information content (AvgIpc) is 3.07. The number of rotatable bonds is 6. The van der Waals surface area contributed by atoms with E-state index in [1.165, 1.54) is 6.92 Å². The van der Waals surface area contributed by atoms with Crippen molar-refractivity contribution in [3.05, 3.63) is 54.3 Å². The van der Waals surface area contributed by atoms with E-state index in [0.29, 0.717) is 28.6 Å². The molecule has 1 aliphatic rings. The number of nitrogen functional groups attached to an aromatic ring is 1. The first-order valence-electron chi connectivity index (χ1n) is 10.7. The minimum atomic E-state index is -0.151. The standard InChI is InChI=1S/C24H30N6O/c1-6-29(7-2)19-13-14-20(21(15-19)26-17(5)31)27-23-22(18-11-9-8-10-12-18)28-30(16(3)4)24(23)25/h8-16H,6-7H2,1-5H3,(H2,25,26,28,31)/p+1. The van der Waals surface area contributed by atoms with Crippen LogP contribution in [0.15, 0.2) is 59.2 Å². The summed E-state index contributed by atoms with van der Waals surface area (Å²) in [5, 5.41) is 7.66. The number of carbonyl (C=O) groups excluding carboxylic acids is 1. The molecule has 7 heteroatoms. The first-order valence-corrected chi connectivity index (χ1v) is 10.7. The van der Waals surface area contributed by atoms with E-state index < -0.39 is 0 Å². The molecule has 31 heavy (non-hydrogen) atoms. The number of nitrogens with two attached hydrogens (primary N) is 1. The summed E-state index contributed by atoms with van der Waals surface area (Å²) in [6.45, 7) is 11.5. The van der Waals surface area contributed by atoms with Gasteiger partial charge in [-0.25, -0.2) is 14.2 Å². The van der Waals surface area contributed by atoms with Gasteiger partial charge in [-0.2, -0.15) is 5.10 Å². The highest BCUT2D eigenvalue weighted by Crippen LogP contribution is 2.37. The molecule has 0 aliphatic heterocycles. The van der Waals surface area contributed by atoms with Crippen LogP contribution in [0.4, 0.5) is 11.5 Å². The van der Waals surface area contributed by atoms with Crippen LogP contribution in [0, 0.1) is 0 Å². The fourth-order valence-electron chi connectivity index (χ4n) is 3.55. The second-order valence-electron chi connectivity index (χ2n) is 7.65. The third-order valence-corrected chi connectivity index (χ3v) is 5.11. The van der Waals surface area contributed by atoms with Crippen molar-refractivity contribution >= 4 is 28.8 Å². The number of hydrogen-bond donors (Lipinski definition) is 2. The predicted molar refractivity (Wildman–Crippen MR) is 127 cm³/mol. The molecule has 1 aliphatic carbocycles. The molecule has 3 N–H and O–H groups in total. The van der Waals surface area contributed by atoms with Crippen LogP contribution in [0.1, 0.15) is 40.7 Å². The highest BCUT2D eigenvalue weighted by atomic mass is 16.1. The lowest BCUT2D eigenvalue weighted by atomic mass is 10.1. The molecular weight excluding hydrogens is 388 g/mol. The lowest BCUT2D eigenvalue weighted by Crippen LogP contribution is -2.29. The molecule has 0 saturated heterocycles. The van der Waals surface area contributed by atoms with E-state index in [-0.39, 0.29) is 11.9 Å². The van der Waals surface area contributed by atoms with Gasteiger partial charge in [-0.05, 0) is 33.8 Å². The molecule has 1 aromatic heterocycles. The zero-order valence-corrected chi connectivity index (χ0v) is 18.9. The van der Waals surface area contributed by atoms with Gasteiger partial charge in [0.2, 0.25) is 11.6 Å². The minimum Gasteiger partial charge on any atom is -0.382 e. The summed E-state index contributed by atoms with van der Waals surface area (Å²) in [5.41, 5.74) is 11.0. The highest BCUT2D eigenvalue weighted by Gasteiger charge is 2.22. The van der Waals surface area contributed by atoms with Gasteiger partial charge in [-0.1, -0.05) is 30.3 Å². The third kappa shape index (κ3) is 4.82. The Morgan fingerprint density at radius 1 is 1.19 bits per heavy atom. The lowest BCUT2D eigenvalue weighted by molar-refractivity contribution is -0.519. The Kier molecular flexibility index (Phi) is 6.84. The molecular formula is C24H31N6O+. The van der Waals surface area contributed by atoms with Gasteiger partial charge in [-0.15, -0.1) is 0 Å². The maximum atomic E-state index is 11.9. The van der Waals surface area contributed by atoms with Gasteiger partial charge >= 0.3 is 0 Å². The Labute approximate surface area is 183 Å². The molecule has 2 aromatic rings. The first-order chi connectivity index (χ1) is 14.8. The molecule has 1 aromatic carbocycles. The number of amides is 1. The lowest BCUT2D eigenvalue weighted by Gasteiger charge is -2.13. The van der Waals surface area contributed by atoms with Crippen molar-refractivity contribution in [1.82, 2.24) is 15.1 Å². The maximum Gasteiger partial charge on any atom is 0.221 e. The van der Waals surface area contributed by atoms with Crippen molar-refractivity contribution in [3.8, 4) is 11.3 Å². The number of anilines is 1. The number of nitrogens with zero attached hydrogens (tertiary/aromatic N) is 4. The van der Waals surface area contributed by atoms with E-state index >= 15 is 0 Å². The molecule has 0 radical (unpaired) electrons. The van der Waals surface area contributed by atoms with Crippen molar-refractivity contribution in [2.75, 3.05) is 18.8 Å². The number of nitrogens with one attached hydrogen (secondary N) is 1. The van der Waals surface area contributed by atoms with Crippen LogP contribution in [0.25, 0.3) is 11.3 Å². The topological polar surface area (TPSA) is 88.3 Å². The molecule has 0 saturated carbocycles. The second-order valence-corrected chi connectivity index (χ2v) is 7.65. The highest BCUT2D eigenvalue weighted by molar-refractivity contribution is 6.21. The Hall–Kier alpha value is -3.48. The molecule has 0 bridgehead atoms. The van der Waals surface area contributed by atoms with Crippen LogP contribution in [0.5, 0.6) is 0 Å². The summed E-state index contributed by atoms with van der Waals surface area (Å²) in [4.78, 5) is 16.8. The largest absolute Gasteiger partial charge is 0.382 e. The van der Waals surface area contributed by atoms with E-state index in [1.54, 1.807) is 4.68 Å². The maximum absolute atomic E-state index is 11.9.